The molecule has 0 amide bonds. The Labute approximate surface area is 784 Å². The maximum atomic E-state index is 15.0. The Hall–Kier alpha value is -1.10. The zero-order chi connectivity index (χ0) is 89.3. The van der Waals surface area contributed by atoms with Gasteiger partial charge in [0.15, 0.2) is 0 Å². The number of rotatable bonds is 113. The second-order valence-corrected chi connectivity index (χ2v) is 41.8. The topological polar surface area (TPSA) is 55.8 Å². The van der Waals surface area contributed by atoms with Crippen molar-refractivity contribution in [3.8, 4) is 0 Å². The van der Waals surface area contributed by atoms with Crippen molar-refractivity contribution in [2.24, 2.45) is 5.92 Å². The molecule has 0 N–H and O–H groups in total. The van der Waals surface area contributed by atoms with Gasteiger partial charge in [0.1, 0.15) is 0 Å². The van der Waals surface area contributed by atoms with E-state index in [2.05, 4.69) is 46.4 Å². The predicted octanol–water partition coefficient (Wildman–Crippen LogP) is 42.8. The third-order valence-electron chi connectivity index (χ3n) is 29.5. The number of nitrogens with zero attached hydrogens (tertiary/aromatic N) is 1. The van der Waals surface area contributed by atoms with Crippen molar-refractivity contribution >= 4 is 11.9 Å². The minimum atomic E-state index is -0.253. The monoisotopic (exact) mass is 1740 g/mol. The van der Waals surface area contributed by atoms with Crippen molar-refractivity contribution in [2.45, 2.75) is 721 Å². The van der Waals surface area contributed by atoms with Gasteiger partial charge in [-0.2, -0.15) is 0 Å². The van der Waals surface area contributed by atoms with Gasteiger partial charge in [0.25, 0.3) is 0 Å². The fraction of sp³-hybridized carbons (Fsp3) is 0.983. The summed E-state index contributed by atoms with van der Waals surface area (Å²) in [6.07, 6.45) is 144. The zero-order valence-corrected chi connectivity index (χ0v) is 87.2. The summed E-state index contributed by atoms with van der Waals surface area (Å²) in [6, 6.07) is 0. The van der Waals surface area contributed by atoms with Crippen LogP contribution in [0.1, 0.15) is 716 Å². The second-order valence-electron chi connectivity index (χ2n) is 41.8. The van der Waals surface area contributed by atoms with Crippen LogP contribution in [0.4, 0.5) is 0 Å². The van der Waals surface area contributed by atoms with Crippen LogP contribution in [0.2, 0.25) is 0 Å². The number of hydrogen-bond donors (Lipinski definition) is 0. The van der Waals surface area contributed by atoms with Crippen molar-refractivity contribution in [1.29, 1.82) is 0 Å². The molecule has 124 heavy (non-hydrogen) atoms. The third kappa shape index (κ3) is 94.1. The van der Waals surface area contributed by atoms with E-state index in [1.807, 2.05) is 0 Å². The Morgan fingerprint density at radius 2 is 0.290 bits per heavy atom. The first-order chi connectivity index (χ1) is 61.4. The smallest absolute Gasteiger partial charge is 0.320 e. The molecule has 0 fully saturated rings. The normalized spacial score (nSPS) is 12.6. The van der Waals surface area contributed by atoms with Crippen LogP contribution in [0.5, 0.6) is 0 Å². The number of carbonyl (C=O) groups is 2. The molecule has 0 saturated carbocycles. The molecule has 0 aliphatic carbocycles. The Morgan fingerprint density at radius 1 is 0.169 bits per heavy atom. The van der Waals surface area contributed by atoms with Gasteiger partial charge in [-0.05, 0) is 44.4 Å². The molecule has 0 aliphatic rings. The Kier molecular flexibility index (Phi) is 108. The number of hydrogen-bond acceptors (Lipinski definition) is 5. The van der Waals surface area contributed by atoms with Crippen molar-refractivity contribution in [2.75, 3.05) is 26.3 Å². The van der Waals surface area contributed by atoms with Gasteiger partial charge in [-0.3, -0.25) is 14.5 Å². The SMILES string of the molecule is CCCCCCCCCCCCCCCCCCCCCCCCC(CCCCCCCCCCCCCCCCCCCCCCC)(C(CCCCCCCCCCCCCCCCCCCCC)CCCCCCCCCCCCCCCCCCCCCC)N(CC(=O)OCCCCCCCCCCC)CC(=O)OCCCCCCCCCCCC. The van der Waals surface area contributed by atoms with E-state index < -0.39 is 0 Å². The summed E-state index contributed by atoms with van der Waals surface area (Å²) in [6.45, 7) is 15.4. The highest BCUT2D eigenvalue weighted by Crippen LogP contribution is 2.43. The lowest BCUT2D eigenvalue weighted by molar-refractivity contribution is -0.154. The third-order valence-corrected chi connectivity index (χ3v) is 29.5. The van der Waals surface area contributed by atoms with Gasteiger partial charge in [0.2, 0.25) is 0 Å². The van der Waals surface area contributed by atoms with E-state index in [0.717, 1.165) is 38.5 Å². The molecule has 0 saturated heterocycles. The van der Waals surface area contributed by atoms with Gasteiger partial charge in [-0.1, -0.05) is 677 Å². The summed E-state index contributed by atoms with van der Waals surface area (Å²) in [5, 5.41) is 0. The van der Waals surface area contributed by atoms with Gasteiger partial charge in [-0.25, -0.2) is 0 Å². The van der Waals surface area contributed by atoms with Crippen LogP contribution in [0, 0.1) is 5.92 Å². The average Bonchev–Trinajstić information content (AvgIpc) is 0.786. The maximum Gasteiger partial charge on any atom is 0.320 e. The number of ether oxygens (including phenoxy) is 2. The van der Waals surface area contributed by atoms with Crippen molar-refractivity contribution in [3.05, 3.63) is 0 Å². The molecule has 0 heterocycles. The molecule has 5 nitrogen and oxygen atoms in total. The van der Waals surface area contributed by atoms with E-state index in [1.165, 1.54) is 636 Å². The standard InChI is InChI=1S/C119H237NO4/c1-7-13-19-25-31-37-42-46-50-54-58-61-63-67-71-75-79-83-87-93-99-105-111-119(110-104-98-92-86-82-78-74-70-66-62-59-55-51-47-43-38-32-26-20-14-8-2,120(114-117(121)123-112-106-100-94-88-36-30-24-18-12-6)115-118(122)124-113-107-101-95-89-41-35-29-23-17-11-5)116(108-102-96-90-84-80-76-72-68-64-57-53-49-45-40-34-28-22-16-10-4)109-103-97-91-85-81-77-73-69-65-60-56-52-48-44-39-33-27-21-15-9-3/h116H,7-115H2,1-6H3. The number of esters is 2. The van der Waals surface area contributed by atoms with E-state index in [4.69, 9.17) is 9.47 Å². The van der Waals surface area contributed by atoms with Crippen LogP contribution < -0.4 is 0 Å². The minimum Gasteiger partial charge on any atom is -0.465 e. The summed E-state index contributed by atoms with van der Waals surface area (Å²) in [7, 11) is 0. The van der Waals surface area contributed by atoms with Crippen LogP contribution in [0.15, 0.2) is 0 Å². The molecule has 0 spiro atoms. The van der Waals surface area contributed by atoms with E-state index in [0.29, 0.717) is 19.1 Å². The maximum absolute atomic E-state index is 15.0. The van der Waals surface area contributed by atoms with E-state index >= 15 is 9.59 Å². The van der Waals surface area contributed by atoms with Crippen LogP contribution in [0.25, 0.3) is 0 Å². The first-order valence-corrected chi connectivity index (χ1v) is 59.5. The fourth-order valence-corrected chi connectivity index (χ4v) is 21.0. The molecule has 0 aromatic heterocycles. The Morgan fingerprint density at radius 3 is 0.435 bits per heavy atom. The predicted molar refractivity (Wildman–Crippen MR) is 559 cm³/mol. The summed E-state index contributed by atoms with van der Waals surface area (Å²) in [5.74, 6) is 0.245. The van der Waals surface area contributed by atoms with Gasteiger partial charge in [0.05, 0.1) is 26.3 Å². The van der Waals surface area contributed by atoms with Crippen molar-refractivity contribution in [3.63, 3.8) is 0 Å². The average molecular weight is 1750 g/mol. The lowest BCUT2D eigenvalue weighted by Gasteiger charge is -2.49. The van der Waals surface area contributed by atoms with Gasteiger partial charge < -0.3 is 9.47 Å². The highest BCUT2D eigenvalue weighted by molar-refractivity contribution is 5.75. The molecule has 0 aromatic rings. The van der Waals surface area contributed by atoms with Gasteiger partial charge in [-0.15, -0.1) is 0 Å². The molecule has 0 bridgehead atoms. The summed E-state index contributed by atoms with van der Waals surface area (Å²) in [4.78, 5) is 32.6. The molecular weight excluding hydrogens is 1510 g/mol. The summed E-state index contributed by atoms with van der Waals surface area (Å²) in [5.41, 5.74) is -0.253. The lowest BCUT2D eigenvalue weighted by Crippen LogP contribution is -2.57. The Bertz CT molecular complexity index is 1920. The molecule has 0 rings (SSSR count). The molecule has 0 aromatic carbocycles. The van der Waals surface area contributed by atoms with Crippen LogP contribution in [0.3, 0.4) is 0 Å². The molecular formula is C119H237NO4. The van der Waals surface area contributed by atoms with Crippen LogP contribution in [-0.2, 0) is 19.1 Å². The second kappa shape index (κ2) is 109. The first kappa shape index (κ1) is 123. The zero-order valence-electron chi connectivity index (χ0n) is 87.2. The van der Waals surface area contributed by atoms with Crippen molar-refractivity contribution in [1.82, 2.24) is 4.90 Å². The fourth-order valence-electron chi connectivity index (χ4n) is 21.0. The molecule has 742 valence electrons. The first-order valence-electron chi connectivity index (χ1n) is 59.5. The Balaban J connectivity index is 6.96. The van der Waals surface area contributed by atoms with Crippen LogP contribution >= 0.6 is 0 Å². The van der Waals surface area contributed by atoms with E-state index in [9.17, 15) is 0 Å². The lowest BCUT2D eigenvalue weighted by atomic mass is 9.70. The highest BCUT2D eigenvalue weighted by Gasteiger charge is 2.44. The largest absolute Gasteiger partial charge is 0.465 e. The quantitative estimate of drug-likeness (QED) is 0.0449. The molecule has 5 heteroatoms. The molecule has 2 unspecified atom stereocenters. The summed E-state index contributed by atoms with van der Waals surface area (Å²) >= 11 is 0. The minimum absolute atomic E-state index is 0.0963. The highest BCUT2D eigenvalue weighted by atomic mass is 16.5. The molecule has 2 atom stereocenters. The van der Waals surface area contributed by atoms with Gasteiger partial charge >= 0.3 is 11.9 Å². The number of carbonyl (C=O) groups excluding carboxylic acids is 2. The van der Waals surface area contributed by atoms with Crippen molar-refractivity contribution < 1.29 is 19.1 Å². The molecule has 0 aliphatic heterocycles. The van der Waals surface area contributed by atoms with E-state index in [1.54, 1.807) is 0 Å². The van der Waals surface area contributed by atoms with E-state index in [-0.39, 0.29) is 30.6 Å². The van der Waals surface area contributed by atoms with Gasteiger partial charge in [0, 0.05) is 5.54 Å². The summed E-state index contributed by atoms with van der Waals surface area (Å²) < 4.78 is 12.9. The van der Waals surface area contributed by atoms with Crippen LogP contribution in [-0.4, -0.2) is 48.7 Å². The number of unbranched alkanes of at least 4 members (excludes halogenated alkanes) is 95. The molecule has 0 radical (unpaired) electrons.